The van der Waals surface area contributed by atoms with Gasteiger partial charge in [-0.3, -0.25) is 0 Å². The topological polar surface area (TPSA) is 13.1 Å². The van der Waals surface area contributed by atoms with E-state index in [9.17, 15) is 0 Å². The zero-order chi connectivity index (χ0) is 13.6. The molecule has 2 heterocycles. The first-order chi connectivity index (χ1) is 9.08. The van der Waals surface area contributed by atoms with Crippen molar-refractivity contribution in [3.8, 4) is 0 Å². The second-order valence-electron chi connectivity index (χ2n) is 6.38. The van der Waals surface area contributed by atoms with Gasteiger partial charge in [-0.2, -0.15) is 0 Å². The van der Waals surface area contributed by atoms with Crippen molar-refractivity contribution in [2.24, 2.45) is 30.7 Å². The van der Waals surface area contributed by atoms with E-state index >= 15 is 0 Å². The van der Waals surface area contributed by atoms with Crippen LogP contribution in [0.2, 0.25) is 0 Å². The zero-order valence-corrected chi connectivity index (χ0v) is 14.9. The third-order valence-electron chi connectivity index (χ3n) is 5.05. The summed E-state index contributed by atoms with van der Waals surface area (Å²) in [5.74, 6) is 2.59. The quantitative estimate of drug-likeness (QED) is 0.379. The van der Waals surface area contributed by atoms with Crippen molar-refractivity contribution in [3.05, 3.63) is 41.7 Å². The summed E-state index contributed by atoms with van der Waals surface area (Å²) in [6.07, 6.45) is 6.96. The Balaban J connectivity index is 0.00000147. The number of aryl methyl sites for hydroxylation is 1. The Bertz CT molecular complexity index is 513. The van der Waals surface area contributed by atoms with Crippen LogP contribution < -0.4 is 28.5 Å². The molecule has 1 saturated heterocycles. The van der Waals surface area contributed by atoms with Gasteiger partial charge < -0.3 is 28.7 Å². The second kappa shape index (κ2) is 6.14. The van der Waals surface area contributed by atoms with Crippen LogP contribution in [0.4, 0.5) is 0 Å². The molecular weight excluding hydrogens is 361 g/mol. The fourth-order valence-corrected chi connectivity index (χ4v) is 4.03. The Morgan fingerprint density at radius 1 is 1.30 bits per heavy atom. The van der Waals surface area contributed by atoms with Crippen molar-refractivity contribution >= 4 is 0 Å². The number of nitrogens with zero attached hydrogens (tertiary/aromatic N) is 1. The predicted octanol–water partition coefficient (Wildman–Crippen LogP) is 0.0509. The molecule has 0 amide bonds. The van der Waals surface area contributed by atoms with E-state index in [2.05, 4.69) is 63.0 Å². The normalized spacial score (nSPS) is 36.0. The van der Waals surface area contributed by atoms with Crippen LogP contribution in [0.3, 0.4) is 0 Å². The maximum Gasteiger partial charge on any atom is 0.174 e. The third-order valence-corrected chi connectivity index (χ3v) is 5.05. The van der Waals surface area contributed by atoms with Gasteiger partial charge >= 0.3 is 0 Å². The van der Waals surface area contributed by atoms with E-state index in [1.54, 1.807) is 0 Å². The monoisotopic (exact) mass is 385 g/mol. The second-order valence-corrected chi connectivity index (χ2v) is 6.38. The maximum absolute atomic E-state index is 6.24. The van der Waals surface area contributed by atoms with E-state index in [4.69, 9.17) is 4.74 Å². The summed E-state index contributed by atoms with van der Waals surface area (Å²) >= 11 is 0. The summed E-state index contributed by atoms with van der Waals surface area (Å²) in [5, 5.41) is 0. The Hall–Kier alpha value is -0.420. The van der Waals surface area contributed by atoms with Gasteiger partial charge in [-0.15, -0.1) is 0 Å². The van der Waals surface area contributed by atoms with Crippen LogP contribution in [0.25, 0.3) is 0 Å². The van der Waals surface area contributed by atoms with Crippen molar-refractivity contribution in [1.82, 2.24) is 0 Å². The smallest absolute Gasteiger partial charge is 0.174 e. The van der Waals surface area contributed by atoms with Gasteiger partial charge in [-0.05, 0) is 30.7 Å². The van der Waals surface area contributed by atoms with Crippen LogP contribution in [0.1, 0.15) is 32.4 Å². The Morgan fingerprint density at radius 2 is 2.05 bits per heavy atom. The number of allylic oxidation sites excluding steroid dienone is 1. The average molecular weight is 385 g/mol. The molecule has 1 fully saturated rings. The lowest BCUT2D eigenvalue weighted by Gasteiger charge is -2.47. The zero-order valence-electron chi connectivity index (χ0n) is 12.7. The summed E-state index contributed by atoms with van der Waals surface area (Å²) in [7, 11) is 2.07. The highest BCUT2D eigenvalue weighted by molar-refractivity contribution is 5.22. The van der Waals surface area contributed by atoms with Gasteiger partial charge in [0.1, 0.15) is 7.05 Å². The SMILES string of the molecule is CC1=CC(C)C2COC(c3ccc[n+](C)c3)C1C2C.[I-]. The van der Waals surface area contributed by atoms with E-state index in [-0.39, 0.29) is 30.1 Å². The highest BCUT2D eigenvalue weighted by Crippen LogP contribution is 2.49. The Morgan fingerprint density at radius 3 is 2.75 bits per heavy atom. The van der Waals surface area contributed by atoms with E-state index < -0.39 is 0 Å². The molecule has 5 atom stereocenters. The largest absolute Gasteiger partial charge is 1.00 e. The summed E-state index contributed by atoms with van der Waals surface area (Å²) in [6.45, 7) is 7.90. The molecule has 3 heteroatoms. The average Bonchev–Trinajstić information content (AvgIpc) is 2.35. The van der Waals surface area contributed by atoms with Crippen LogP contribution in [0, 0.1) is 23.7 Å². The van der Waals surface area contributed by atoms with Gasteiger partial charge in [0.2, 0.25) is 0 Å². The molecule has 1 aliphatic carbocycles. The first-order valence-electron chi connectivity index (χ1n) is 7.33. The fraction of sp³-hybridized carbons (Fsp3) is 0.588. The molecular formula is C17H24INO. The molecule has 1 aromatic heterocycles. The van der Waals surface area contributed by atoms with Crippen LogP contribution in [0.15, 0.2) is 36.2 Å². The number of hydrogen-bond acceptors (Lipinski definition) is 1. The number of ether oxygens (including phenoxy) is 1. The summed E-state index contributed by atoms with van der Waals surface area (Å²) in [4.78, 5) is 0. The molecule has 0 aromatic carbocycles. The standard InChI is InChI=1S/C17H24NO.HI/c1-11-8-12(2)16-13(3)15(11)10-19-17(16)14-6-5-7-18(4)9-14;/h5-9,11,13,15-17H,10H2,1-4H3;1H/q+1;/p-1. The molecule has 2 nitrogen and oxygen atoms in total. The van der Waals surface area contributed by atoms with Gasteiger partial charge in [0.05, 0.1) is 12.7 Å². The first kappa shape index (κ1) is 16.0. The van der Waals surface area contributed by atoms with E-state index in [1.807, 2.05) is 0 Å². The van der Waals surface area contributed by atoms with Crippen molar-refractivity contribution < 1.29 is 33.3 Å². The molecule has 1 aliphatic heterocycles. The summed E-state index contributed by atoms with van der Waals surface area (Å²) < 4.78 is 8.35. The summed E-state index contributed by atoms with van der Waals surface area (Å²) in [5.41, 5.74) is 2.81. The van der Waals surface area contributed by atoms with E-state index in [1.165, 1.54) is 11.1 Å². The highest BCUT2D eigenvalue weighted by Gasteiger charge is 2.44. The molecule has 5 unspecified atom stereocenters. The molecule has 0 radical (unpaired) electrons. The van der Waals surface area contributed by atoms with Gasteiger partial charge in [0, 0.05) is 17.5 Å². The summed E-state index contributed by atoms with van der Waals surface area (Å²) in [6, 6.07) is 4.31. The van der Waals surface area contributed by atoms with Crippen LogP contribution >= 0.6 is 0 Å². The van der Waals surface area contributed by atoms with Crippen LogP contribution in [0.5, 0.6) is 0 Å². The van der Waals surface area contributed by atoms with Crippen LogP contribution in [-0.4, -0.2) is 6.61 Å². The fourth-order valence-electron chi connectivity index (χ4n) is 4.03. The molecule has 0 saturated carbocycles. The number of hydrogen-bond donors (Lipinski definition) is 0. The minimum Gasteiger partial charge on any atom is -1.00 e. The minimum absolute atomic E-state index is 0. The van der Waals surface area contributed by atoms with Gasteiger partial charge in [0.25, 0.3) is 0 Å². The van der Waals surface area contributed by atoms with Gasteiger partial charge in [-0.1, -0.05) is 25.5 Å². The molecule has 2 aliphatic rings. The predicted molar refractivity (Wildman–Crippen MR) is 75.4 cm³/mol. The number of fused-ring (bicyclic) bond motifs is 2. The molecule has 1 aromatic rings. The molecule has 3 rings (SSSR count). The number of halogens is 1. The minimum atomic E-state index is 0. The van der Waals surface area contributed by atoms with Crippen molar-refractivity contribution in [1.29, 1.82) is 0 Å². The van der Waals surface area contributed by atoms with Crippen LogP contribution in [-0.2, 0) is 11.8 Å². The van der Waals surface area contributed by atoms with E-state index in [0.29, 0.717) is 23.7 Å². The van der Waals surface area contributed by atoms with E-state index in [0.717, 1.165) is 6.61 Å². The number of rotatable bonds is 1. The Labute approximate surface area is 139 Å². The molecule has 110 valence electrons. The lowest BCUT2D eigenvalue weighted by molar-refractivity contribution is -0.672. The first-order valence-corrected chi connectivity index (χ1v) is 7.33. The number of aromatic nitrogens is 1. The van der Waals surface area contributed by atoms with Crippen molar-refractivity contribution in [2.45, 2.75) is 26.9 Å². The molecule has 0 N–H and O–H groups in total. The third kappa shape index (κ3) is 2.67. The van der Waals surface area contributed by atoms with Gasteiger partial charge in [0.15, 0.2) is 12.4 Å². The lowest BCUT2D eigenvalue weighted by Crippen LogP contribution is -3.00. The molecule has 20 heavy (non-hydrogen) atoms. The Kier molecular flexibility index (Phi) is 4.90. The highest BCUT2D eigenvalue weighted by atomic mass is 127. The molecule has 0 spiro atoms. The molecule has 2 bridgehead atoms. The van der Waals surface area contributed by atoms with Crippen molar-refractivity contribution in [2.75, 3.05) is 6.61 Å². The maximum atomic E-state index is 6.24. The van der Waals surface area contributed by atoms with Crippen molar-refractivity contribution in [3.63, 3.8) is 0 Å². The van der Waals surface area contributed by atoms with Gasteiger partial charge in [-0.25, -0.2) is 4.57 Å². The number of pyridine rings is 1. The lowest BCUT2D eigenvalue weighted by atomic mass is 9.65.